The van der Waals surface area contributed by atoms with Gasteiger partial charge in [-0.2, -0.15) is 0 Å². The summed E-state index contributed by atoms with van der Waals surface area (Å²) < 4.78 is 10.7. The fourth-order valence-corrected chi connectivity index (χ4v) is 2.95. The minimum absolute atomic E-state index is 0.104. The molecule has 1 aromatic carbocycles. The molecule has 21 heavy (non-hydrogen) atoms. The number of carbonyl (C=O) groups excluding carboxylic acids is 1. The van der Waals surface area contributed by atoms with Gasteiger partial charge in [-0.25, -0.2) is 0 Å². The highest BCUT2D eigenvalue weighted by Crippen LogP contribution is 2.24. The van der Waals surface area contributed by atoms with Crippen molar-refractivity contribution in [3.63, 3.8) is 0 Å². The lowest BCUT2D eigenvalue weighted by atomic mass is 9.90. The van der Waals surface area contributed by atoms with E-state index in [0.29, 0.717) is 13.0 Å². The van der Waals surface area contributed by atoms with E-state index in [4.69, 9.17) is 9.47 Å². The van der Waals surface area contributed by atoms with Crippen LogP contribution in [0.1, 0.15) is 25.3 Å². The highest BCUT2D eigenvalue weighted by Gasteiger charge is 2.31. The second-order valence-corrected chi connectivity index (χ2v) is 5.55. The average molecular weight is 291 g/mol. The van der Waals surface area contributed by atoms with Crippen LogP contribution in [0.5, 0.6) is 0 Å². The molecule has 0 aliphatic carbocycles. The van der Waals surface area contributed by atoms with Crippen LogP contribution in [0.3, 0.4) is 0 Å². The second kappa shape index (κ2) is 8.15. The van der Waals surface area contributed by atoms with E-state index >= 15 is 0 Å². The van der Waals surface area contributed by atoms with Crippen molar-refractivity contribution >= 4 is 5.97 Å². The number of esters is 1. The number of methoxy groups -OCH3 is 1. The third kappa shape index (κ3) is 4.83. The Morgan fingerprint density at radius 1 is 1.33 bits per heavy atom. The van der Waals surface area contributed by atoms with Gasteiger partial charge in [-0.3, -0.25) is 9.69 Å². The van der Waals surface area contributed by atoms with Crippen molar-refractivity contribution in [1.29, 1.82) is 0 Å². The Labute approximate surface area is 127 Å². The van der Waals surface area contributed by atoms with E-state index in [-0.39, 0.29) is 18.0 Å². The Morgan fingerprint density at radius 3 is 2.76 bits per heavy atom. The first kappa shape index (κ1) is 16.0. The van der Waals surface area contributed by atoms with Gasteiger partial charge in [0.25, 0.3) is 0 Å². The molecule has 1 aliphatic heterocycles. The molecule has 1 aliphatic rings. The van der Waals surface area contributed by atoms with Crippen molar-refractivity contribution < 1.29 is 14.3 Å². The maximum Gasteiger partial charge on any atom is 0.306 e. The lowest BCUT2D eigenvalue weighted by molar-refractivity contribution is -0.146. The van der Waals surface area contributed by atoms with E-state index in [1.807, 2.05) is 13.0 Å². The molecule has 2 rings (SSSR count). The van der Waals surface area contributed by atoms with Crippen molar-refractivity contribution in [2.75, 3.05) is 26.8 Å². The van der Waals surface area contributed by atoms with Crippen molar-refractivity contribution in [2.24, 2.45) is 5.92 Å². The van der Waals surface area contributed by atoms with Crippen LogP contribution < -0.4 is 0 Å². The summed E-state index contributed by atoms with van der Waals surface area (Å²) in [4.78, 5) is 14.0. The molecule has 0 unspecified atom stereocenters. The van der Waals surface area contributed by atoms with Gasteiger partial charge in [-0.05, 0) is 31.4 Å². The zero-order valence-electron chi connectivity index (χ0n) is 13.0. The number of carbonyl (C=O) groups is 1. The molecule has 1 aromatic rings. The van der Waals surface area contributed by atoms with Gasteiger partial charge in [-0.15, -0.1) is 0 Å². The van der Waals surface area contributed by atoms with Crippen molar-refractivity contribution in [3.8, 4) is 0 Å². The van der Waals surface area contributed by atoms with Gasteiger partial charge in [0, 0.05) is 20.2 Å². The predicted octanol–water partition coefficient (Wildman–Crippen LogP) is 2.48. The zero-order valence-corrected chi connectivity index (χ0v) is 13.0. The lowest BCUT2D eigenvalue weighted by Crippen LogP contribution is -2.45. The van der Waals surface area contributed by atoms with Crippen LogP contribution in [0.15, 0.2) is 30.3 Å². The first-order valence-corrected chi connectivity index (χ1v) is 7.67. The molecule has 0 spiro atoms. The molecular formula is C17H25NO3. The fraction of sp³-hybridized carbons (Fsp3) is 0.588. The lowest BCUT2D eigenvalue weighted by Gasteiger charge is -2.37. The number of ether oxygens (including phenoxy) is 2. The van der Waals surface area contributed by atoms with E-state index < -0.39 is 0 Å². The van der Waals surface area contributed by atoms with E-state index in [9.17, 15) is 4.79 Å². The molecule has 1 heterocycles. The summed E-state index contributed by atoms with van der Waals surface area (Å²) in [5, 5.41) is 0. The minimum atomic E-state index is -0.110. The molecule has 4 nitrogen and oxygen atoms in total. The number of likely N-dealkylation sites (tertiary alicyclic amines) is 1. The summed E-state index contributed by atoms with van der Waals surface area (Å²) in [7, 11) is 1.73. The Bertz CT molecular complexity index is 435. The first-order valence-electron chi connectivity index (χ1n) is 7.67. The Hall–Kier alpha value is -1.39. The largest absolute Gasteiger partial charge is 0.466 e. The molecule has 0 amide bonds. The number of rotatable bonds is 6. The van der Waals surface area contributed by atoms with Crippen LogP contribution in [-0.2, 0) is 20.8 Å². The Balaban J connectivity index is 1.87. The third-order valence-corrected chi connectivity index (χ3v) is 4.07. The molecule has 0 bridgehead atoms. The molecular weight excluding hydrogens is 266 g/mol. The number of hydrogen-bond donors (Lipinski definition) is 0. The molecule has 0 aromatic heterocycles. The van der Waals surface area contributed by atoms with Crippen molar-refractivity contribution in [3.05, 3.63) is 35.9 Å². The second-order valence-electron chi connectivity index (χ2n) is 5.55. The monoisotopic (exact) mass is 291 g/mol. The van der Waals surface area contributed by atoms with Gasteiger partial charge in [0.15, 0.2) is 0 Å². The summed E-state index contributed by atoms with van der Waals surface area (Å²) in [5.41, 5.74) is 1.32. The summed E-state index contributed by atoms with van der Waals surface area (Å²) >= 11 is 0. The molecule has 1 fully saturated rings. The Morgan fingerprint density at radius 2 is 2.10 bits per heavy atom. The third-order valence-electron chi connectivity index (χ3n) is 4.07. The summed E-state index contributed by atoms with van der Waals surface area (Å²) in [6.45, 7) is 5.10. The highest BCUT2D eigenvalue weighted by atomic mass is 16.5. The molecule has 116 valence electrons. The average Bonchev–Trinajstić information content (AvgIpc) is 2.50. The van der Waals surface area contributed by atoms with Gasteiger partial charge in [0.2, 0.25) is 0 Å². The van der Waals surface area contributed by atoms with E-state index in [0.717, 1.165) is 26.1 Å². The molecule has 2 atom stereocenters. The molecule has 0 radical (unpaired) electrons. The smallest absolute Gasteiger partial charge is 0.306 e. The van der Waals surface area contributed by atoms with E-state index in [1.54, 1.807) is 7.11 Å². The van der Waals surface area contributed by atoms with Crippen LogP contribution >= 0.6 is 0 Å². The number of nitrogens with zero attached hydrogens (tertiary/aromatic N) is 1. The molecule has 1 saturated heterocycles. The maximum atomic E-state index is 11.7. The number of benzene rings is 1. The standard InChI is InChI=1S/C17H25NO3/c1-3-21-17(19)11-15-9-10-18(13-16(15)20-2)12-14-7-5-4-6-8-14/h4-8,15-16H,3,9-13H2,1-2H3/t15-,16-/m1/s1. The van der Waals surface area contributed by atoms with Gasteiger partial charge in [-0.1, -0.05) is 30.3 Å². The summed E-state index contributed by atoms with van der Waals surface area (Å²) in [5.74, 6) is 0.155. The summed E-state index contributed by atoms with van der Waals surface area (Å²) in [6, 6.07) is 10.5. The maximum absolute atomic E-state index is 11.7. The summed E-state index contributed by atoms with van der Waals surface area (Å²) in [6.07, 6.45) is 1.54. The van der Waals surface area contributed by atoms with Crippen LogP contribution in [0.25, 0.3) is 0 Å². The fourth-order valence-electron chi connectivity index (χ4n) is 2.95. The van der Waals surface area contributed by atoms with Crippen molar-refractivity contribution in [1.82, 2.24) is 4.90 Å². The van der Waals surface area contributed by atoms with Gasteiger partial charge in [0.1, 0.15) is 0 Å². The van der Waals surface area contributed by atoms with Crippen LogP contribution in [0, 0.1) is 5.92 Å². The van der Waals surface area contributed by atoms with Crippen LogP contribution in [-0.4, -0.2) is 43.8 Å². The van der Waals surface area contributed by atoms with Gasteiger partial charge >= 0.3 is 5.97 Å². The Kier molecular flexibility index (Phi) is 6.21. The van der Waals surface area contributed by atoms with Crippen LogP contribution in [0.2, 0.25) is 0 Å². The van der Waals surface area contributed by atoms with Crippen LogP contribution in [0.4, 0.5) is 0 Å². The minimum Gasteiger partial charge on any atom is -0.466 e. The number of piperidine rings is 1. The normalized spacial score (nSPS) is 23.0. The van der Waals surface area contributed by atoms with E-state index in [2.05, 4.69) is 29.2 Å². The quantitative estimate of drug-likeness (QED) is 0.755. The predicted molar refractivity (Wildman–Crippen MR) is 81.9 cm³/mol. The van der Waals surface area contributed by atoms with Crippen molar-refractivity contribution in [2.45, 2.75) is 32.4 Å². The highest BCUT2D eigenvalue weighted by molar-refractivity contribution is 5.69. The first-order chi connectivity index (χ1) is 10.2. The molecule has 0 saturated carbocycles. The molecule has 4 heteroatoms. The topological polar surface area (TPSA) is 38.8 Å². The van der Waals surface area contributed by atoms with E-state index in [1.165, 1.54) is 5.56 Å². The zero-order chi connectivity index (χ0) is 15.1. The number of hydrogen-bond acceptors (Lipinski definition) is 4. The molecule has 0 N–H and O–H groups in total. The van der Waals surface area contributed by atoms with Gasteiger partial charge < -0.3 is 9.47 Å². The SMILES string of the molecule is CCOC(=O)C[C@H]1CCN(Cc2ccccc2)C[C@H]1OC. The van der Waals surface area contributed by atoms with Gasteiger partial charge in [0.05, 0.1) is 19.1 Å².